The smallest absolute Gasteiger partial charge is 0.337 e. The van der Waals surface area contributed by atoms with Crippen LogP contribution in [0.2, 0.25) is 0 Å². The molecule has 0 amide bonds. The molecule has 0 bridgehead atoms. The van der Waals surface area contributed by atoms with E-state index in [1.165, 1.54) is 0 Å². The molecular formula is C10H8FNO2. The molecule has 0 heterocycles. The minimum atomic E-state index is -1.21. The van der Waals surface area contributed by atoms with Gasteiger partial charge in [-0.3, -0.25) is 0 Å². The summed E-state index contributed by atoms with van der Waals surface area (Å²) < 4.78 is 13.1. The van der Waals surface area contributed by atoms with Crippen molar-refractivity contribution in [2.45, 2.75) is 13.3 Å². The standard InChI is InChI=1S/C10H8FNO2/c1-2-6-8(5-12)7(10(13)14)3-4-9(6)11/h3-4H,2H2,1H3,(H,13,14). The van der Waals surface area contributed by atoms with Crippen LogP contribution >= 0.6 is 0 Å². The Hall–Kier alpha value is -1.89. The van der Waals surface area contributed by atoms with Crippen LogP contribution in [0.15, 0.2) is 12.1 Å². The number of hydrogen-bond donors (Lipinski definition) is 1. The fourth-order valence-electron chi connectivity index (χ4n) is 1.27. The Bertz CT molecular complexity index is 421. The number of carbonyl (C=O) groups is 1. The van der Waals surface area contributed by atoms with Crippen molar-refractivity contribution in [3.05, 3.63) is 34.6 Å². The Balaban J connectivity index is 3.50. The van der Waals surface area contributed by atoms with Crippen LogP contribution in [0.3, 0.4) is 0 Å². The first-order chi connectivity index (χ1) is 6.61. The Morgan fingerprint density at radius 1 is 1.64 bits per heavy atom. The van der Waals surface area contributed by atoms with Crippen LogP contribution in [0.4, 0.5) is 4.39 Å². The van der Waals surface area contributed by atoms with Crippen LogP contribution in [0.5, 0.6) is 0 Å². The van der Waals surface area contributed by atoms with Gasteiger partial charge in [0.2, 0.25) is 0 Å². The Kier molecular flexibility index (Phi) is 2.82. The number of carboxylic acids is 1. The first-order valence-corrected chi connectivity index (χ1v) is 4.06. The molecule has 0 saturated heterocycles. The number of nitriles is 1. The van der Waals surface area contributed by atoms with E-state index < -0.39 is 11.8 Å². The third-order valence-electron chi connectivity index (χ3n) is 1.95. The summed E-state index contributed by atoms with van der Waals surface area (Å²) in [6, 6.07) is 3.90. The van der Waals surface area contributed by atoms with Crippen molar-refractivity contribution in [2.24, 2.45) is 0 Å². The van der Waals surface area contributed by atoms with Gasteiger partial charge in [-0.2, -0.15) is 5.26 Å². The summed E-state index contributed by atoms with van der Waals surface area (Å²) in [6.07, 6.45) is 0.301. The summed E-state index contributed by atoms with van der Waals surface area (Å²) in [7, 11) is 0. The fraction of sp³-hybridized carbons (Fsp3) is 0.200. The molecule has 1 aromatic rings. The molecule has 1 aromatic carbocycles. The van der Waals surface area contributed by atoms with Gasteiger partial charge in [0.1, 0.15) is 11.9 Å². The van der Waals surface area contributed by atoms with Gasteiger partial charge in [0.25, 0.3) is 0 Å². The number of halogens is 1. The highest BCUT2D eigenvalue weighted by Crippen LogP contribution is 2.18. The molecule has 1 rings (SSSR count). The van der Waals surface area contributed by atoms with E-state index in [2.05, 4.69) is 0 Å². The van der Waals surface area contributed by atoms with Crippen molar-refractivity contribution < 1.29 is 14.3 Å². The SMILES string of the molecule is CCc1c(F)ccc(C(=O)O)c1C#N. The average Bonchev–Trinajstić information content (AvgIpc) is 2.16. The number of hydrogen-bond acceptors (Lipinski definition) is 2. The second-order valence-corrected chi connectivity index (χ2v) is 2.72. The second-order valence-electron chi connectivity index (χ2n) is 2.72. The maximum absolute atomic E-state index is 13.1. The van der Waals surface area contributed by atoms with Gasteiger partial charge in [-0.25, -0.2) is 9.18 Å². The summed E-state index contributed by atoms with van der Waals surface area (Å²) in [5.74, 6) is -1.75. The lowest BCUT2D eigenvalue weighted by Gasteiger charge is -2.05. The molecule has 0 aliphatic heterocycles. The molecule has 0 aliphatic carbocycles. The lowest BCUT2D eigenvalue weighted by Crippen LogP contribution is -2.05. The molecule has 3 nitrogen and oxygen atoms in total. The molecule has 72 valence electrons. The van der Waals surface area contributed by atoms with Crippen LogP contribution in [-0.2, 0) is 6.42 Å². The third-order valence-corrected chi connectivity index (χ3v) is 1.95. The first kappa shape index (κ1) is 10.2. The predicted octanol–water partition coefficient (Wildman–Crippen LogP) is 1.96. The van der Waals surface area contributed by atoms with Crippen molar-refractivity contribution in [1.29, 1.82) is 5.26 Å². The van der Waals surface area contributed by atoms with Crippen molar-refractivity contribution in [2.75, 3.05) is 0 Å². The van der Waals surface area contributed by atoms with E-state index in [1.807, 2.05) is 0 Å². The van der Waals surface area contributed by atoms with E-state index in [4.69, 9.17) is 10.4 Å². The lowest BCUT2D eigenvalue weighted by molar-refractivity contribution is 0.0696. The molecule has 0 saturated carbocycles. The quantitative estimate of drug-likeness (QED) is 0.780. The maximum Gasteiger partial charge on any atom is 0.337 e. The molecule has 0 unspecified atom stereocenters. The Morgan fingerprint density at radius 3 is 2.71 bits per heavy atom. The molecule has 0 spiro atoms. The molecule has 4 heteroatoms. The zero-order chi connectivity index (χ0) is 10.7. The second kappa shape index (κ2) is 3.88. The van der Waals surface area contributed by atoms with Gasteiger partial charge < -0.3 is 5.11 Å². The van der Waals surface area contributed by atoms with Crippen molar-refractivity contribution in [1.82, 2.24) is 0 Å². The topological polar surface area (TPSA) is 61.1 Å². The maximum atomic E-state index is 13.1. The van der Waals surface area contributed by atoms with E-state index in [9.17, 15) is 9.18 Å². The van der Waals surface area contributed by atoms with Crippen LogP contribution < -0.4 is 0 Å². The zero-order valence-corrected chi connectivity index (χ0v) is 7.54. The summed E-state index contributed by atoms with van der Waals surface area (Å²) in [5.41, 5.74) is -0.0712. The third kappa shape index (κ3) is 1.57. The largest absolute Gasteiger partial charge is 0.478 e. The van der Waals surface area contributed by atoms with Gasteiger partial charge in [0, 0.05) is 5.56 Å². The van der Waals surface area contributed by atoms with Gasteiger partial charge >= 0.3 is 5.97 Å². The van der Waals surface area contributed by atoms with Gasteiger partial charge in [0.05, 0.1) is 11.1 Å². The molecule has 0 radical (unpaired) electrons. The van der Waals surface area contributed by atoms with Crippen LogP contribution in [-0.4, -0.2) is 11.1 Å². The average molecular weight is 193 g/mol. The van der Waals surface area contributed by atoms with E-state index in [-0.39, 0.29) is 16.7 Å². The number of rotatable bonds is 2. The highest BCUT2D eigenvalue weighted by Gasteiger charge is 2.16. The van der Waals surface area contributed by atoms with Gasteiger partial charge in [0.15, 0.2) is 0 Å². The number of nitrogens with zero attached hydrogens (tertiary/aromatic N) is 1. The van der Waals surface area contributed by atoms with E-state index in [0.29, 0.717) is 6.42 Å². The minimum Gasteiger partial charge on any atom is -0.478 e. The van der Waals surface area contributed by atoms with E-state index in [1.54, 1.807) is 13.0 Å². The van der Waals surface area contributed by atoms with Gasteiger partial charge in [-0.1, -0.05) is 6.92 Å². The summed E-state index contributed by atoms with van der Waals surface area (Å²) in [5, 5.41) is 17.5. The highest BCUT2D eigenvalue weighted by molar-refractivity contribution is 5.91. The molecule has 0 atom stereocenters. The summed E-state index contributed by atoms with van der Waals surface area (Å²) in [6.45, 7) is 1.67. The van der Waals surface area contributed by atoms with Crippen molar-refractivity contribution in [3.63, 3.8) is 0 Å². The number of aromatic carboxylic acids is 1. The molecule has 0 fully saturated rings. The van der Waals surface area contributed by atoms with Crippen molar-refractivity contribution >= 4 is 5.97 Å². The van der Waals surface area contributed by atoms with Crippen LogP contribution in [0, 0.1) is 17.1 Å². The van der Waals surface area contributed by atoms with Crippen LogP contribution in [0.25, 0.3) is 0 Å². The van der Waals surface area contributed by atoms with Crippen molar-refractivity contribution in [3.8, 4) is 6.07 Å². The zero-order valence-electron chi connectivity index (χ0n) is 7.54. The molecule has 0 aliphatic rings. The number of carboxylic acid groups (broad SMARTS) is 1. The molecular weight excluding hydrogens is 185 g/mol. The van der Waals surface area contributed by atoms with Gasteiger partial charge in [-0.15, -0.1) is 0 Å². The number of benzene rings is 1. The van der Waals surface area contributed by atoms with E-state index >= 15 is 0 Å². The Labute approximate surface area is 80.4 Å². The highest BCUT2D eigenvalue weighted by atomic mass is 19.1. The molecule has 14 heavy (non-hydrogen) atoms. The summed E-state index contributed by atoms with van der Waals surface area (Å²) >= 11 is 0. The van der Waals surface area contributed by atoms with Gasteiger partial charge in [-0.05, 0) is 18.6 Å². The Morgan fingerprint density at radius 2 is 2.29 bits per heavy atom. The first-order valence-electron chi connectivity index (χ1n) is 4.06. The normalized spacial score (nSPS) is 9.50. The minimum absolute atomic E-state index is 0.0833. The monoisotopic (exact) mass is 193 g/mol. The molecule has 1 N–H and O–H groups in total. The predicted molar refractivity (Wildman–Crippen MR) is 47.5 cm³/mol. The summed E-state index contributed by atoms with van der Waals surface area (Å²) in [4.78, 5) is 10.7. The van der Waals surface area contributed by atoms with Crippen LogP contribution in [0.1, 0.15) is 28.4 Å². The molecule has 0 aromatic heterocycles. The fourth-order valence-corrected chi connectivity index (χ4v) is 1.27. The lowest BCUT2D eigenvalue weighted by atomic mass is 10.00. The van der Waals surface area contributed by atoms with E-state index in [0.717, 1.165) is 12.1 Å².